The van der Waals surface area contributed by atoms with Crippen molar-refractivity contribution in [1.82, 2.24) is 0 Å². The summed E-state index contributed by atoms with van der Waals surface area (Å²) >= 11 is 0. The first-order valence-electron chi connectivity index (χ1n) is 3.84. The molecule has 0 saturated heterocycles. The molecule has 1 heterocycles. The number of hydrogen-bond acceptors (Lipinski definition) is 3. The summed E-state index contributed by atoms with van der Waals surface area (Å²) in [6.45, 7) is 0. The first kappa shape index (κ1) is 8.72. The van der Waals surface area contributed by atoms with Crippen LogP contribution in [-0.4, -0.2) is 11.6 Å². The molecule has 0 atom stereocenters. The maximum atomic E-state index is 10.4. The summed E-state index contributed by atoms with van der Waals surface area (Å²) in [4.78, 5) is 10.4. The topological polar surface area (TPSA) is 67.8 Å². The molecule has 0 aromatic heterocycles. The minimum Gasteiger partial charge on any atom is -0.370 e. The Kier molecular flexibility index (Phi) is 2.44. The molecule has 0 unspecified atom stereocenters. The van der Waals surface area contributed by atoms with Crippen molar-refractivity contribution in [2.24, 2.45) is 16.0 Å². The Labute approximate surface area is 71.2 Å². The van der Waals surface area contributed by atoms with Crippen molar-refractivity contribution in [1.29, 1.82) is 0 Å². The number of carbonyl (C=O) groups is 1. The molecule has 4 nitrogen and oxygen atoms in total. The normalized spacial score (nSPS) is 16.9. The van der Waals surface area contributed by atoms with E-state index in [1.165, 1.54) is 0 Å². The molecule has 0 aliphatic carbocycles. The molecule has 1 amide bonds. The Bertz CT molecular complexity index is 246. The summed E-state index contributed by atoms with van der Waals surface area (Å²) in [5.74, 6) is 2.20. The lowest BCUT2D eigenvalue weighted by Gasteiger charge is -2.05. The van der Waals surface area contributed by atoms with Gasteiger partial charge in [-0.2, -0.15) is 10.2 Å². The molecule has 1 rings (SSSR count). The van der Waals surface area contributed by atoms with Crippen LogP contribution in [0.5, 0.6) is 0 Å². The molecular weight excluding hydrogens is 154 g/mol. The van der Waals surface area contributed by atoms with E-state index in [0.29, 0.717) is 19.3 Å². The Morgan fingerprint density at radius 3 is 2.58 bits per heavy atom. The summed E-state index contributed by atoms with van der Waals surface area (Å²) < 4.78 is 0. The second-order valence-electron chi connectivity index (χ2n) is 2.85. The van der Waals surface area contributed by atoms with Crippen LogP contribution in [0.4, 0.5) is 0 Å². The minimum absolute atomic E-state index is 0.313. The van der Waals surface area contributed by atoms with Gasteiger partial charge >= 0.3 is 0 Å². The van der Waals surface area contributed by atoms with Crippen LogP contribution in [0.15, 0.2) is 10.2 Å². The van der Waals surface area contributed by atoms with Gasteiger partial charge in [0.15, 0.2) is 5.66 Å². The fraction of sp³-hybridized carbons (Fsp3) is 0.625. The molecule has 0 fully saturated rings. The minimum atomic E-state index is -0.360. The Hall–Kier alpha value is -1.37. The van der Waals surface area contributed by atoms with E-state index in [4.69, 9.17) is 12.2 Å². The van der Waals surface area contributed by atoms with Gasteiger partial charge in [0.1, 0.15) is 0 Å². The van der Waals surface area contributed by atoms with E-state index < -0.39 is 0 Å². The second kappa shape index (κ2) is 3.35. The van der Waals surface area contributed by atoms with Crippen LogP contribution in [0.25, 0.3) is 0 Å². The molecule has 0 spiro atoms. The van der Waals surface area contributed by atoms with Gasteiger partial charge in [0.2, 0.25) is 5.91 Å². The van der Waals surface area contributed by atoms with Gasteiger partial charge < -0.3 is 5.73 Å². The number of nitrogens with zero attached hydrogens (tertiary/aromatic N) is 2. The predicted octanol–water partition coefficient (Wildman–Crippen LogP) is 0.827. The average Bonchev–Trinajstić information content (AvgIpc) is 2.79. The summed E-state index contributed by atoms with van der Waals surface area (Å²) in [6, 6.07) is 0. The van der Waals surface area contributed by atoms with E-state index in [-0.39, 0.29) is 11.6 Å². The molecule has 0 bridgehead atoms. The average molecular weight is 165 g/mol. The molecule has 64 valence electrons. The van der Waals surface area contributed by atoms with E-state index in [9.17, 15) is 4.79 Å². The fourth-order valence-corrected chi connectivity index (χ4v) is 0.991. The summed E-state index contributed by atoms with van der Waals surface area (Å²) in [5.41, 5.74) is 4.63. The van der Waals surface area contributed by atoms with Crippen molar-refractivity contribution < 1.29 is 4.79 Å². The summed E-state index contributed by atoms with van der Waals surface area (Å²) in [7, 11) is 0. The number of carbonyl (C=O) groups excluding carboxylic acids is 1. The van der Waals surface area contributed by atoms with Crippen molar-refractivity contribution in [3.05, 3.63) is 0 Å². The van der Waals surface area contributed by atoms with Crippen LogP contribution in [-0.2, 0) is 4.79 Å². The van der Waals surface area contributed by atoms with Crippen molar-refractivity contribution in [2.45, 2.75) is 31.3 Å². The SMILES string of the molecule is C#CCCC1(CCC(N)=O)N=N1. The molecule has 0 aromatic carbocycles. The molecule has 2 N–H and O–H groups in total. The van der Waals surface area contributed by atoms with Crippen LogP contribution in [0, 0.1) is 12.3 Å². The molecule has 4 heteroatoms. The summed E-state index contributed by atoms with van der Waals surface area (Å²) in [6.07, 6.45) is 7.40. The lowest BCUT2D eigenvalue weighted by Crippen LogP contribution is -2.17. The molecular formula is C8H11N3O. The first-order valence-corrected chi connectivity index (χ1v) is 3.84. The quantitative estimate of drug-likeness (QED) is 0.602. The highest BCUT2D eigenvalue weighted by Crippen LogP contribution is 2.37. The van der Waals surface area contributed by atoms with E-state index in [0.717, 1.165) is 6.42 Å². The number of nitrogens with two attached hydrogens (primary N) is 1. The maximum Gasteiger partial charge on any atom is 0.217 e. The van der Waals surface area contributed by atoms with E-state index in [1.54, 1.807) is 0 Å². The van der Waals surface area contributed by atoms with E-state index in [2.05, 4.69) is 16.1 Å². The molecule has 12 heavy (non-hydrogen) atoms. The van der Waals surface area contributed by atoms with Gasteiger partial charge in [-0.05, 0) is 0 Å². The van der Waals surface area contributed by atoms with Gasteiger partial charge in [-0.25, -0.2) is 0 Å². The van der Waals surface area contributed by atoms with E-state index >= 15 is 0 Å². The lowest BCUT2D eigenvalue weighted by molar-refractivity contribution is -0.118. The van der Waals surface area contributed by atoms with Crippen molar-refractivity contribution in [2.75, 3.05) is 0 Å². The van der Waals surface area contributed by atoms with Crippen LogP contribution in [0.3, 0.4) is 0 Å². The number of primary amides is 1. The van der Waals surface area contributed by atoms with Gasteiger partial charge in [0, 0.05) is 25.7 Å². The summed E-state index contributed by atoms with van der Waals surface area (Å²) in [5, 5.41) is 7.73. The smallest absolute Gasteiger partial charge is 0.217 e. The zero-order valence-corrected chi connectivity index (χ0v) is 6.79. The van der Waals surface area contributed by atoms with Crippen LogP contribution in [0.1, 0.15) is 25.7 Å². The predicted molar refractivity (Wildman–Crippen MR) is 44.1 cm³/mol. The number of rotatable bonds is 5. The van der Waals surface area contributed by atoms with Gasteiger partial charge in [-0.3, -0.25) is 4.79 Å². The van der Waals surface area contributed by atoms with Crippen LogP contribution in [0.2, 0.25) is 0 Å². The zero-order valence-electron chi connectivity index (χ0n) is 6.79. The van der Waals surface area contributed by atoms with Crippen molar-refractivity contribution in [3.8, 4) is 12.3 Å². The highest BCUT2D eigenvalue weighted by molar-refractivity contribution is 5.73. The van der Waals surface area contributed by atoms with Crippen molar-refractivity contribution >= 4 is 5.91 Å². The van der Waals surface area contributed by atoms with Crippen LogP contribution < -0.4 is 5.73 Å². The maximum absolute atomic E-state index is 10.4. The fourth-order valence-electron chi connectivity index (χ4n) is 0.991. The lowest BCUT2D eigenvalue weighted by atomic mass is 10.0. The second-order valence-corrected chi connectivity index (χ2v) is 2.85. The third kappa shape index (κ3) is 2.35. The van der Waals surface area contributed by atoms with Gasteiger partial charge in [-0.1, -0.05) is 0 Å². The third-order valence-electron chi connectivity index (χ3n) is 1.82. The number of hydrogen-bond donors (Lipinski definition) is 1. The molecule has 1 aliphatic heterocycles. The van der Waals surface area contributed by atoms with Gasteiger partial charge in [0.05, 0.1) is 0 Å². The van der Waals surface area contributed by atoms with Crippen LogP contribution >= 0.6 is 0 Å². The van der Waals surface area contributed by atoms with Crippen molar-refractivity contribution in [3.63, 3.8) is 0 Å². The Morgan fingerprint density at radius 2 is 2.17 bits per heavy atom. The highest BCUT2D eigenvalue weighted by Gasteiger charge is 2.38. The third-order valence-corrected chi connectivity index (χ3v) is 1.82. The first-order chi connectivity index (χ1) is 5.68. The largest absolute Gasteiger partial charge is 0.370 e. The van der Waals surface area contributed by atoms with E-state index in [1.807, 2.05) is 0 Å². The molecule has 0 saturated carbocycles. The molecule has 0 aromatic rings. The number of terminal acetylenes is 1. The molecule has 1 aliphatic rings. The molecule has 0 radical (unpaired) electrons. The monoisotopic (exact) mass is 165 g/mol. The standard InChI is InChI=1S/C8H11N3O/c1-2-3-5-8(10-11-8)6-4-7(9)12/h1H,3-6H2,(H2,9,12). The van der Waals surface area contributed by atoms with Gasteiger partial charge in [-0.15, -0.1) is 12.3 Å². The number of amides is 1. The zero-order chi connectivity index (χ0) is 9.03. The Morgan fingerprint density at radius 1 is 1.50 bits per heavy atom. The Balaban J connectivity index is 2.22. The highest BCUT2D eigenvalue weighted by atomic mass is 16.1. The van der Waals surface area contributed by atoms with Gasteiger partial charge in [0.25, 0.3) is 0 Å².